The standard InChI is InChI=1S/C16H26N2O2S/c1-4-15-9-5-6-11-18(15)21(19,20)16-10-7-8-14(12-17-3)13(16)2/h7-8,10,15,17H,4-6,9,11-12H2,1-3H3. The number of hydrogen-bond donors (Lipinski definition) is 1. The molecule has 1 unspecified atom stereocenters. The third-order valence-electron chi connectivity index (χ3n) is 4.39. The zero-order valence-electron chi connectivity index (χ0n) is 13.2. The summed E-state index contributed by atoms with van der Waals surface area (Å²) in [7, 11) is -1.52. The molecule has 21 heavy (non-hydrogen) atoms. The molecular weight excluding hydrogens is 284 g/mol. The predicted octanol–water partition coefficient (Wildman–Crippen LogP) is 2.67. The van der Waals surface area contributed by atoms with E-state index in [0.717, 1.165) is 36.8 Å². The Labute approximate surface area is 128 Å². The monoisotopic (exact) mass is 310 g/mol. The number of rotatable bonds is 5. The van der Waals surface area contributed by atoms with E-state index in [9.17, 15) is 8.42 Å². The first kappa shape index (κ1) is 16.5. The van der Waals surface area contributed by atoms with Crippen LogP contribution in [0.5, 0.6) is 0 Å². The molecule has 0 radical (unpaired) electrons. The number of piperidine rings is 1. The third kappa shape index (κ3) is 3.30. The molecule has 0 bridgehead atoms. The van der Waals surface area contributed by atoms with Crippen LogP contribution in [-0.4, -0.2) is 32.4 Å². The van der Waals surface area contributed by atoms with Crippen molar-refractivity contribution in [3.8, 4) is 0 Å². The number of hydrogen-bond acceptors (Lipinski definition) is 3. The van der Waals surface area contributed by atoms with Crippen LogP contribution in [-0.2, 0) is 16.6 Å². The van der Waals surface area contributed by atoms with E-state index < -0.39 is 10.0 Å². The highest BCUT2D eigenvalue weighted by atomic mass is 32.2. The molecule has 1 aliphatic heterocycles. The van der Waals surface area contributed by atoms with Crippen LogP contribution in [0.4, 0.5) is 0 Å². The SMILES string of the molecule is CCC1CCCCN1S(=O)(=O)c1cccc(CNC)c1C. The molecular formula is C16H26N2O2S. The minimum absolute atomic E-state index is 0.149. The van der Waals surface area contributed by atoms with E-state index in [4.69, 9.17) is 0 Å². The Bertz CT molecular complexity index is 584. The molecule has 0 aliphatic carbocycles. The summed E-state index contributed by atoms with van der Waals surface area (Å²) in [5.41, 5.74) is 1.91. The molecule has 4 nitrogen and oxygen atoms in total. The number of sulfonamides is 1. The molecule has 1 aromatic rings. The first-order chi connectivity index (χ1) is 10.0. The smallest absolute Gasteiger partial charge is 0.243 e. The van der Waals surface area contributed by atoms with Gasteiger partial charge in [0.2, 0.25) is 10.0 Å². The quantitative estimate of drug-likeness (QED) is 0.909. The van der Waals surface area contributed by atoms with Gasteiger partial charge < -0.3 is 5.32 Å². The molecule has 1 atom stereocenters. The Hall–Kier alpha value is -0.910. The van der Waals surface area contributed by atoms with Crippen molar-refractivity contribution >= 4 is 10.0 Å². The van der Waals surface area contributed by atoms with Gasteiger partial charge in [0.15, 0.2) is 0 Å². The van der Waals surface area contributed by atoms with Crippen molar-refractivity contribution in [2.45, 2.75) is 57.0 Å². The zero-order chi connectivity index (χ0) is 15.5. The Kier molecular flexibility index (Phi) is 5.41. The Morgan fingerprint density at radius 1 is 1.33 bits per heavy atom. The minimum atomic E-state index is -3.39. The molecule has 1 aromatic carbocycles. The van der Waals surface area contributed by atoms with Crippen LogP contribution < -0.4 is 5.32 Å². The van der Waals surface area contributed by atoms with Gasteiger partial charge in [-0.15, -0.1) is 0 Å². The fourth-order valence-corrected chi connectivity index (χ4v) is 5.18. The topological polar surface area (TPSA) is 49.4 Å². The summed E-state index contributed by atoms with van der Waals surface area (Å²) in [5, 5.41) is 3.09. The average molecular weight is 310 g/mol. The molecule has 2 rings (SSSR count). The lowest BCUT2D eigenvalue weighted by Gasteiger charge is -2.34. The van der Waals surface area contributed by atoms with Crippen molar-refractivity contribution < 1.29 is 8.42 Å². The van der Waals surface area contributed by atoms with E-state index in [1.807, 2.05) is 26.1 Å². The summed E-state index contributed by atoms with van der Waals surface area (Å²) in [5.74, 6) is 0. The highest BCUT2D eigenvalue weighted by Crippen LogP contribution is 2.29. The third-order valence-corrected chi connectivity index (χ3v) is 6.49. The first-order valence-electron chi connectivity index (χ1n) is 7.77. The van der Waals surface area contributed by atoms with Crippen molar-refractivity contribution in [3.05, 3.63) is 29.3 Å². The van der Waals surface area contributed by atoms with Crippen LogP contribution in [0.3, 0.4) is 0 Å². The average Bonchev–Trinajstić information content (AvgIpc) is 2.49. The Balaban J connectivity index is 2.41. The summed E-state index contributed by atoms with van der Waals surface area (Å²) >= 11 is 0. The second-order valence-electron chi connectivity index (χ2n) is 5.74. The maximum absolute atomic E-state index is 13.0. The number of nitrogens with one attached hydrogen (secondary N) is 1. The van der Waals surface area contributed by atoms with E-state index in [-0.39, 0.29) is 6.04 Å². The second kappa shape index (κ2) is 6.90. The minimum Gasteiger partial charge on any atom is -0.316 e. The first-order valence-corrected chi connectivity index (χ1v) is 9.21. The number of benzene rings is 1. The van der Waals surface area contributed by atoms with Crippen molar-refractivity contribution in [1.82, 2.24) is 9.62 Å². The van der Waals surface area contributed by atoms with Gasteiger partial charge in [0.1, 0.15) is 0 Å². The van der Waals surface area contributed by atoms with Crippen molar-refractivity contribution in [2.24, 2.45) is 0 Å². The lowest BCUT2D eigenvalue weighted by Crippen LogP contribution is -2.43. The van der Waals surface area contributed by atoms with E-state index in [1.165, 1.54) is 0 Å². The van der Waals surface area contributed by atoms with Crippen LogP contribution in [0, 0.1) is 6.92 Å². The molecule has 1 saturated heterocycles. The van der Waals surface area contributed by atoms with E-state index in [0.29, 0.717) is 18.0 Å². The molecule has 1 aliphatic rings. The van der Waals surface area contributed by atoms with Crippen LogP contribution in [0.25, 0.3) is 0 Å². The fourth-order valence-electron chi connectivity index (χ4n) is 3.15. The highest BCUT2D eigenvalue weighted by Gasteiger charge is 2.33. The van der Waals surface area contributed by atoms with Gasteiger partial charge in [-0.25, -0.2) is 8.42 Å². The summed E-state index contributed by atoms with van der Waals surface area (Å²) < 4.78 is 27.8. The summed E-state index contributed by atoms with van der Waals surface area (Å²) in [6.45, 7) is 5.32. The molecule has 5 heteroatoms. The Morgan fingerprint density at radius 2 is 2.10 bits per heavy atom. The maximum Gasteiger partial charge on any atom is 0.243 e. The predicted molar refractivity (Wildman–Crippen MR) is 85.8 cm³/mol. The van der Waals surface area contributed by atoms with Crippen molar-refractivity contribution in [1.29, 1.82) is 0 Å². The highest BCUT2D eigenvalue weighted by molar-refractivity contribution is 7.89. The summed E-state index contributed by atoms with van der Waals surface area (Å²) in [4.78, 5) is 0.468. The molecule has 0 aromatic heterocycles. The second-order valence-corrected chi connectivity index (χ2v) is 7.60. The maximum atomic E-state index is 13.0. The van der Waals surface area contributed by atoms with E-state index >= 15 is 0 Å². The summed E-state index contributed by atoms with van der Waals surface area (Å²) in [6.07, 6.45) is 3.95. The lowest BCUT2D eigenvalue weighted by atomic mass is 10.0. The van der Waals surface area contributed by atoms with Crippen LogP contribution in [0.1, 0.15) is 43.7 Å². The van der Waals surface area contributed by atoms with E-state index in [2.05, 4.69) is 12.2 Å². The number of nitrogens with zero attached hydrogens (tertiary/aromatic N) is 1. The van der Waals surface area contributed by atoms with Gasteiger partial charge in [-0.05, 0) is 50.4 Å². The molecule has 1 heterocycles. The van der Waals surface area contributed by atoms with Crippen LogP contribution >= 0.6 is 0 Å². The van der Waals surface area contributed by atoms with Crippen LogP contribution in [0.15, 0.2) is 23.1 Å². The van der Waals surface area contributed by atoms with Gasteiger partial charge in [0, 0.05) is 19.1 Å². The molecule has 118 valence electrons. The molecule has 0 saturated carbocycles. The normalized spacial score (nSPS) is 20.6. The Morgan fingerprint density at radius 3 is 2.76 bits per heavy atom. The van der Waals surface area contributed by atoms with Crippen molar-refractivity contribution in [3.63, 3.8) is 0 Å². The van der Waals surface area contributed by atoms with Crippen molar-refractivity contribution in [2.75, 3.05) is 13.6 Å². The van der Waals surface area contributed by atoms with Gasteiger partial charge in [0.25, 0.3) is 0 Å². The molecule has 1 N–H and O–H groups in total. The van der Waals surface area contributed by atoms with Crippen LogP contribution in [0.2, 0.25) is 0 Å². The van der Waals surface area contributed by atoms with Gasteiger partial charge in [-0.2, -0.15) is 4.31 Å². The largest absolute Gasteiger partial charge is 0.316 e. The summed E-state index contributed by atoms with van der Waals surface area (Å²) in [6, 6.07) is 5.72. The fraction of sp³-hybridized carbons (Fsp3) is 0.625. The molecule has 0 spiro atoms. The van der Waals surface area contributed by atoms with Gasteiger partial charge in [0.05, 0.1) is 4.90 Å². The van der Waals surface area contributed by atoms with Gasteiger partial charge in [-0.1, -0.05) is 25.5 Å². The van der Waals surface area contributed by atoms with E-state index in [1.54, 1.807) is 10.4 Å². The van der Waals surface area contributed by atoms with Gasteiger partial charge in [-0.3, -0.25) is 0 Å². The lowest BCUT2D eigenvalue weighted by molar-refractivity contribution is 0.246. The zero-order valence-corrected chi connectivity index (χ0v) is 14.0. The van der Waals surface area contributed by atoms with Gasteiger partial charge >= 0.3 is 0 Å². The molecule has 1 fully saturated rings. The molecule has 0 amide bonds.